The number of hydrogen-bond donors (Lipinski definition) is 1. The Kier molecular flexibility index (Phi) is 7.03. The molecule has 166 valence electrons. The Balaban J connectivity index is 1.79. The van der Waals surface area contributed by atoms with E-state index >= 15 is 0 Å². The van der Waals surface area contributed by atoms with Gasteiger partial charge in [0.2, 0.25) is 15.9 Å². The van der Waals surface area contributed by atoms with Crippen LogP contribution in [0.2, 0.25) is 5.02 Å². The van der Waals surface area contributed by atoms with Gasteiger partial charge in [0.05, 0.1) is 22.0 Å². The van der Waals surface area contributed by atoms with Gasteiger partial charge in [-0.1, -0.05) is 30.7 Å². The van der Waals surface area contributed by atoms with Gasteiger partial charge >= 0.3 is 0 Å². The maximum Gasteiger partial charge on any atom is 0.238 e. The SMILES string of the molecule is CCCn1c(CCC(=O)N(C)C(C)c2ccc(Cl)cc2)nc2cc(S(N)(=O)=O)ccc21. The second-order valence-corrected chi connectivity index (χ2v) is 9.61. The second kappa shape index (κ2) is 9.38. The highest BCUT2D eigenvalue weighted by Gasteiger charge is 2.19. The average molecular weight is 463 g/mol. The van der Waals surface area contributed by atoms with Gasteiger partial charge < -0.3 is 9.47 Å². The maximum absolute atomic E-state index is 12.8. The van der Waals surface area contributed by atoms with Crippen LogP contribution in [0.3, 0.4) is 0 Å². The molecule has 0 aliphatic carbocycles. The second-order valence-electron chi connectivity index (χ2n) is 7.61. The Bertz CT molecular complexity index is 1190. The number of halogens is 1. The molecule has 0 saturated carbocycles. The summed E-state index contributed by atoms with van der Waals surface area (Å²) in [5.41, 5.74) is 2.40. The van der Waals surface area contributed by atoms with Crippen molar-refractivity contribution in [3.8, 4) is 0 Å². The van der Waals surface area contributed by atoms with Crippen LogP contribution < -0.4 is 5.14 Å². The minimum atomic E-state index is -3.80. The van der Waals surface area contributed by atoms with E-state index in [0.717, 1.165) is 29.9 Å². The van der Waals surface area contributed by atoms with Gasteiger partial charge in [-0.2, -0.15) is 0 Å². The van der Waals surface area contributed by atoms with Crippen LogP contribution in [0.5, 0.6) is 0 Å². The molecule has 0 bridgehead atoms. The van der Waals surface area contributed by atoms with E-state index in [2.05, 4.69) is 11.9 Å². The summed E-state index contributed by atoms with van der Waals surface area (Å²) in [6.07, 6.45) is 1.64. The highest BCUT2D eigenvalue weighted by Crippen LogP contribution is 2.24. The molecule has 7 nitrogen and oxygen atoms in total. The van der Waals surface area contributed by atoms with Crippen molar-refractivity contribution in [2.24, 2.45) is 5.14 Å². The molecule has 31 heavy (non-hydrogen) atoms. The lowest BCUT2D eigenvalue weighted by molar-refractivity contribution is -0.131. The van der Waals surface area contributed by atoms with Crippen LogP contribution in [0.25, 0.3) is 11.0 Å². The number of carbonyl (C=O) groups is 1. The zero-order valence-corrected chi connectivity index (χ0v) is 19.4. The molecule has 0 saturated heterocycles. The highest BCUT2D eigenvalue weighted by atomic mass is 35.5. The van der Waals surface area contributed by atoms with E-state index in [4.69, 9.17) is 16.7 Å². The van der Waals surface area contributed by atoms with E-state index in [9.17, 15) is 13.2 Å². The van der Waals surface area contributed by atoms with Gasteiger partial charge in [0.25, 0.3) is 0 Å². The van der Waals surface area contributed by atoms with Crippen LogP contribution in [0.4, 0.5) is 0 Å². The first-order valence-corrected chi connectivity index (χ1v) is 12.1. The number of aromatic nitrogens is 2. The van der Waals surface area contributed by atoms with Crippen LogP contribution in [0.1, 0.15) is 44.1 Å². The number of aryl methyl sites for hydroxylation is 2. The number of rotatable bonds is 8. The Labute approximate surface area is 187 Å². The lowest BCUT2D eigenvalue weighted by atomic mass is 10.1. The number of hydrogen-bond acceptors (Lipinski definition) is 4. The fourth-order valence-electron chi connectivity index (χ4n) is 3.58. The van der Waals surface area contributed by atoms with E-state index in [0.29, 0.717) is 23.4 Å². The number of nitrogens with zero attached hydrogens (tertiary/aromatic N) is 3. The number of sulfonamides is 1. The van der Waals surface area contributed by atoms with Crippen molar-refractivity contribution in [3.05, 3.63) is 58.9 Å². The molecule has 0 radical (unpaired) electrons. The molecule has 2 aromatic carbocycles. The van der Waals surface area contributed by atoms with Crippen molar-refractivity contribution in [2.75, 3.05) is 7.05 Å². The first kappa shape index (κ1) is 23.2. The summed E-state index contributed by atoms with van der Waals surface area (Å²) in [6.45, 7) is 4.76. The van der Waals surface area contributed by atoms with Crippen LogP contribution in [-0.4, -0.2) is 35.8 Å². The summed E-state index contributed by atoms with van der Waals surface area (Å²) in [5.74, 6) is 0.757. The molecule has 0 aliphatic rings. The van der Waals surface area contributed by atoms with Gasteiger partial charge in [-0.25, -0.2) is 18.5 Å². The smallest absolute Gasteiger partial charge is 0.238 e. The molecule has 0 fully saturated rings. The summed E-state index contributed by atoms with van der Waals surface area (Å²) in [6, 6.07) is 12.1. The third-order valence-corrected chi connectivity index (χ3v) is 6.63. The summed E-state index contributed by atoms with van der Waals surface area (Å²) < 4.78 is 25.4. The van der Waals surface area contributed by atoms with Crippen molar-refractivity contribution in [3.63, 3.8) is 0 Å². The third kappa shape index (κ3) is 5.26. The standard InChI is InChI=1S/C22H27ClN4O3S/c1-4-13-27-20-10-9-18(31(24,29)30)14-19(20)25-21(27)11-12-22(28)26(3)15(2)16-5-7-17(23)8-6-16/h5-10,14-15H,4,11-13H2,1-3H3,(H2,24,29,30). The van der Waals surface area contributed by atoms with E-state index in [1.807, 2.05) is 35.8 Å². The van der Waals surface area contributed by atoms with E-state index in [1.54, 1.807) is 18.0 Å². The van der Waals surface area contributed by atoms with Crippen molar-refractivity contribution < 1.29 is 13.2 Å². The van der Waals surface area contributed by atoms with Crippen molar-refractivity contribution >= 4 is 38.6 Å². The Hall–Kier alpha value is -2.42. The number of carbonyl (C=O) groups excluding carboxylic acids is 1. The number of benzene rings is 2. The minimum Gasteiger partial charge on any atom is -0.339 e. The predicted octanol–water partition coefficient (Wildman–Crippen LogP) is 3.90. The highest BCUT2D eigenvalue weighted by molar-refractivity contribution is 7.89. The molecule has 3 rings (SSSR count). The number of amides is 1. The first-order chi connectivity index (χ1) is 14.6. The number of fused-ring (bicyclic) bond motifs is 1. The van der Waals surface area contributed by atoms with E-state index in [1.165, 1.54) is 12.1 Å². The first-order valence-electron chi connectivity index (χ1n) is 10.1. The topological polar surface area (TPSA) is 98.3 Å². The molecular formula is C22H27ClN4O3S. The molecular weight excluding hydrogens is 436 g/mol. The zero-order valence-electron chi connectivity index (χ0n) is 17.9. The fourth-order valence-corrected chi connectivity index (χ4v) is 4.24. The van der Waals surface area contributed by atoms with Crippen molar-refractivity contribution in [2.45, 2.75) is 50.6 Å². The zero-order chi connectivity index (χ0) is 22.8. The molecule has 1 atom stereocenters. The molecule has 1 heterocycles. The lowest BCUT2D eigenvalue weighted by Gasteiger charge is -2.25. The Morgan fingerprint density at radius 3 is 2.52 bits per heavy atom. The normalized spacial score (nSPS) is 12.8. The fraction of sp³-hybridized carbons (Fsp3) is 0.364. The Morgan fingerprint density at radius 1 is 1.23 bits per heavy atom. The monoisotopic (exact) mass is 462 g/mol. The van der Waals surface area contributed by atoms with Gasteiger partial charge in [-0.15, -0.1) is 0 Å². The summed E-state index contributed by atoms with van der Waals surface area (Å²) >= 11 is 5.95. The summed E-state index contributed by atoms with van der Waals surface area (Å²) in [7, 11) is -2.02. The molecule has 1 unspecified atom stereocenters. The van der Waals surface area contributed by atoms with Crippen molar-refractivity contribution in [1.82, 2.24) is 14.5 Å². The Morgan fingerprint density at radius 2 is 1.90 bits per heavy atom. The lowest BCUT2D eigenvalue weighted by Crippen LogP contribution is -2.30. The largest absolute Gasteiger partial charge is 0.339 e. The van der Waals surface area contributed by atoms with Crippen molar-refractivity contribution in [1.29, 1.82) is 0 Å². The van der Waals surface area contributed by atoms with Gasteiger partial charge in [0.1, 0.15) is 5.82 Å². The minimum absolute atomic E-state index is 0.00257. The summed E-state index contributed by atoms with van der Waals surface area (Å²) in [5, 5.41) is 5.91. The van der Waals surface area contributed by atoms with Crippen LogP contribution in [0, 0.1) is 0 Å². The molecule has 1 aromatic heterocycles. The summed E-state index contributed by atoms with van der Waals surface area (Å²) in [4.78, 5) is 19.2. The van der Waals surface area contributed by atoms with E-state index < -0.39 is 10.0 Å². The molecule has 0 spiro atoms. The van der Waals surface area contributed by atoms with Gasteiger partial charge in [-0.05, 0) is 49.2 Å². The molecule has 0 aliphatic heterocycles. The third-order valence-electron chi connectivity index (χ3n) is 5.46. The predicted molar refractivity (Wildman–Crippen MR) is 122 cm³/mol. The van der Waals surface area contributed by atoms with E-state index in [-0.39, 0.29) is 16.8 Å². The van der Waals surface area contributed by atoms with Crippen LogP contribution >= 0.6 is 11.6 Å². The van der Waals surface area contributed by atoms with Gasteiger partial charge in [0.15, 0.2) is 0 Å². The quantitative estimate of drug-likeness (QED) is 0.548. The number of imidazole rings is 1. The van der Waals surface area contributed by atoms with Gasteiger partial charge in [-0.3, -0.25) is 4.79 Å². The molecule has 9 heteroatoms. The molecule has 2 N–H and O–H groups in total. The number of nitrogens with two attached hydrogens (primary N) is 1. The average Bonchev–Trinajstić information content (AvgIpc) is 3.08. The maximum atomic E-state index is 12.8. The van der Waals surface area contributed by atoms with Gasteiger partial charge in [0, 0.05) is 31.5 Å². The van der Waals surface area contributed by atoms with Crippen LogP contribution in [-0.2, 0) is 27.8 Å². The molecule has 1 amide bonds. The van der Waals surface area contributed by atoms with Crippen LogP contribution in [0.15, 0.2) is 47.4 Å². The molecule has 3 aromatic rings. The number of primary sulfonamides is 1.